The van der Waals surface area contributed by atoms with E-state index in [-0.39, 0.29) is 5.75 Å². The van der Waals surface area contributed by atoms with E-state index in [1.54, 1.807) is 6.07 Å². The average molecular weight is 665 g/mol. The molecular formula is C45H60O4. The summed E-state index contributed by atoms with van der Waals surface area (Å²) in [5, 5.41) is 10.8. The molecule has 4 aromatic carbocycles. The highest BCUT2D eigenvalue weighted by molar-refractivity contribution is 5.58. The minimum absolute atomic E-state index is 0.115. The number of aromatic hydroxyl groups is 1. The average Bonchev–Trinajstić information content (AvgIpc) is 3.14. The van der Waals surface area contributed by atoms with E-state index in [4.69, 9.17) is 14.2 Å². The first-order valence-corrected chi connectivity index (χ1v) is 19.2. The minimum Gasteiger partial charge on any atom is -0.504 e. The Kier molecular flexibility index (Phi) is 18.8. The molecule has 0 saturated carbocycles. The summed E-state index contributed by atoms with van der Waals surface area (Å²) in [6.07, 6.45) is 20.6. The van der Waals surface area contributed by atoms with Crippen LogP contribution >= 0.6 is 0 Å². The lowest BCUT2D eigenvalue weighted by atomic mass is 10.1. The summed E-state index contributed by atoms with van der Waals surface area (Å²) in [6.45, 7) is 1.76. The number of benzene rings is 4. The Morgan fingerprint density at radius 2 is 0.673 bits per heavy atom. The third-order valence-electron chi connectivity index (χ3n) is 9.16. The molecule has 0 spiro atoms. The molecule has 0 bridgehead atoms. The number of phenols is 1. The van der Waals surface area contributed by atoms with Gasteiger partial charge in [0.25, 0.3) is 0 Å². The molecule has 0 aliphatic carbocycles. The Morgan fingerprint density at radius 3 is 1.10 bits per heavy atom. The van der Waals surface area contributed by atoms with Gasteiger partial charge in [0.2, 0.25) is 11.5 Å². The van der Waals surface area contributed by atoms with Crippen LogP contribution in [0.1, 0.15) is 113 Å². The summed E-state index contributed by atoms with van der Waals surface area (Å²) < 4.78 is 18.8. The van der Waals surface area contributed by atoms with Crippen molar-refractivity contribution in [1.82, 2.24) is 0 Å². The molecule has 0 saturated heterocycles. The van der Waals surface area contributed by atoms with Crippen molar-refractivity contribution in [3.63, 3.8) is 0 Å². The van der Waals surface area contributed by atoms with Crippen LogP contribution in [0.4, 0.5) is 0 Å². The van der Waals surface area contributed by atoms with Crippen molar-refractivity contribution in [2.45, 2.75) is 116 Å². The van der Waals surface area contributed by atoms with Crippen molar-refractivity contribution in [3.05, 3.63) is 120 Å². The maximum Gasteiger partial charge on any atom is 0.207 e. The quantitative estimate of drug-likeness (QED) is 0.0645. The zero-order valence-electron chi connectivity index (χ0n) is 29.8. The van der Waals surface area contributed by atoms with Gasteiger partial charge in [-0.3, -0.25) is 0 Å². The van der Waals surface area contributed by atoms with Gasteiger partial charge in [0.1, 0.15) is 0 Å². The summed E-state index contributed by atoms with van der Waals surface area (Å²) in [4.78, 5) is 0. The number of hydrogen-bond acceptors (Lipinski definition) is 4. The Bertz CT molecular complexity index is 1370. The van der Waals surface area contributed by atoms with Gasteiger partial charge in [0.15, 0.2) is 11.5 Å². The fourth-order valence-electron chi connectivity index (χ4n) is 6.27. The van der Waals surface area contributed by atoms with Gasteiger partial charge in [-0.2, -0.15) is 0 Å². The van der Waals surface area contributed by atoms with Gasteiger partial charge in [-0.25, -0.2) is 0 Å². The third-order valence-corrected chi connectivity index (χ3v) is 9.16. The van der Waals surface area contributed by atoms with E-state index in [0.717, 1.165) is 57.8 Å². The van der Waals surface area contributed by atoms with E-state index in [1.165, 1.54) is 74.5 Å². The summed E-state index contributed by atoms with van der Waals surface area (Å²) in [5.74, 6) is 1.75. The van der Waals surface area contributed by atoms with Crippen LogP contribution < -0.4 is 14.2 Å². The van der Waals surface area contributed by atoms with E-state index in [9.17, 15) is 5.11 Å². The normalized spacial score (nSPS) is 11.0. The first kappa shape index (κ1) is 37.9. The molecule has 0 unspecified atom stereocenters. The summed E-state index contributed by atoms with van der Waals surface area (Å²) in [7, 11) is 0. The van der Waals surface area contributed by atoms with Crippen LogP contribution in [0.5, 0.6) is 23.0 Å². The van der Waals surface area contributed by atoms with Crippen LogP contribution in [0.2, 0.25) is 0 Å². The van der Waals surface area contributed by atoms with Crippen molar-refractivity contribution in [2.75, 3.05) is 19.8 Å². The van der Waals surface area contributed by atoms with E-state index in [1.807, 2.05) is 6.07 Å². The molecule has 0 aromatic heterocycles. The Labute approximate surface area is 296 Å². The maximum absolute atomic E-state index is 10.8. The summed E-state index contributed by atoms with van der Waals surface area (Å²) in [5.41, 5.74) is 4.25. The molecule has 4 nitrogen and oxygen atoms in total. The topological polar surface area (TPSA) is 47.9 Å². The van der Waals surface area contributed by atoms with E-state index < -0.39 is 0 Å². The first-order valence-electron chi connectivity index (χ1n) is 19.2. The molecule has 49 heavy (non-hydrogen) atoms. The minimum atomic E-state index is 0.115. The predicted octanol–water partition coefficient (Wildman–Crippen LogP) is 12.1. The number of phenolic OH excluding ortho intramolecular Hbond substituents is 1. The Hall–Kier alpha value is -3.92. The molecule has 0 aliphatic rings. The van der Waals surface area contributed by atoms with Gasteiger partial charge in [-0.1, -0.05) is 149 Å². The van der Waals surface area contributed by atoms with Crippen molar-refractivity contribution in [2.24, 2.45) is 0 Å². The third kappa shape index (κ3) is 15.9. The SMILES string of the molecule is Oc1ccc(OCCCCCCCc2ccccc2)c(OCCCCCCCc2ccccc2)c1OCCCCCCCc1ccccc1. The van der Waals surface area contributed by atoms with Crippen LogP contribution in [0.25, 0.3) is 0 Å². The molecule has 4 aromatic rings. The van der Waals surface area contributed by atoms with E-state index in [0.29, 0.717) is 37.1 Å². The van der Waals surface area contributed by atoms with Gasteiger partial charge in [-0.05, 0) is 86.6 Å². The number of ether oxygens (including phenoxy) is 3. The van der Waals surface area contributed by atoms with Gasteiger partial charge < -0.3 is 19.3 Å². The second-order valence-electron chi connectivity index (χ2n) is 13.3. The van der Waals surface area contributed by atoms with Crippen LogP contribution in [0.15, 0.2) is 103 Å². The molecule has 0 amide bonds. The molecule has 1 N–H and O–H groups in total. The monoisotopic (exact) mass is 664 g/mol. The largest absolute Gasteiger partial charge is 0.504 e. The smallest absolute Gasteiger partial charge is 0.207 e. The Morgan fingerprint density at radius 1 is 0.327 bits per heavy atom. The van der Waals surface area contributed by atoms with Gasteiger partial charge in [0, 0.05) is 0 Å². The standard InChI is InChI=1S/C45H60O4/c46-42-34-35-43(47-36-22-7-1-4-13-25-39-28-16-10-17-29-39)45(49-38-24-9-3-6-15-27-41-32-20-12-21-33-41)44(42)48-37-23-8-2-5-14-26-40-30-18-11-19-31-40/h10-12,16-21,28-35,46H,1-9,13-15,22-27,36-38H2. The number of rotatable bonds is 27. The second-order valence-corrected chi connectivity index (χ2v) is 13.3. The van der Waals surface area contributed by atoms with Gasteiger partial charge >= 0.3 is 0 Å². The van der Waals surface area contributed by atoms with Gasteiger partial charge in [-0.15, -0.1) is 0 Å². The molecule has 0 atom stereocenters. The maximum atomic E-state index is 10.8. The number of hydrogen-bond donors (Lipinski definition) is 1. The van der Waals surface area contributed by atoms with Crippen LogP contribution in [-0.2, 0) is 19.3 Å². The molecule has 4 rings (SSSR count). The zero-order valence-corrected chi connectivity index (χ0v) is 29.8. The zero-order chi connectivity index (χ0) is 34.0. The van der Waals surface area contributed by atoms with Crippen LogP contribution in [0.3, 0.4) is 0 Å². The fourth-order valence-corrected chi connectivity index (χ4v) is 6.27. The van der Waals surface area contributed by atoms with Crippen molar-refractivity contribution < 1.29 is 19.3 Å². The molecule has 264 valence electrons. The fraction of sp³-hybridized carbons (Fsp3) is 0.467. The number of unbranched alkanes of at least 4 members (excludes halogenated alkanes) is 12. The second kappa shape index (κ2) is 24.3. The highest BCUT2D eigenvalue weighted by Gasteiger charge is 2.18. The van der Waals surface area contributed by atoms with Crippen LogP contribution in [-0.4, -0.2) is 24.9 Å². The van der Waals surface area contributed by atoms with Crippen molar-refractivity contribution >= 4 is 0 Å². The molecule has 0 fully saturated rings. The summed E-state index contributed by atoms with van der Waals surface area (Å²) in [6, 6.07) is 35.7. The molecular weight excluding hydrogens is 604 g/mol. The predicted molar refractivity (Wildman–Crippen MR) is 204 cm³/mol. The lowest BCUT2D eigenvalue weighted by Crippen LogP contribution is -2.06. The molecule has 0 aliphatic heterocycles. The molecule has 4 heteroatoms. The highest BCUT2D eigenvalue weighted by Crippen LogP contribution is 2.44. The lowest BCUT2D eigenvalue weighted by Gasteiger charge is -2.18. The molecule has 0 radical (unpaired) electrons. The lowest BCUT2D eigenvalue weighted by molar-refractivity contribution is 0.228. The highest BCUT2D eigenvalue weighted by atomic mass is 16.5. The van der Waals surface area contributed by atoms with Crippen molar-refractivity contribution in [3.8, 4) is 23.0 Å². The summed E-state index contributed by atoms with van der Waals surface area (Å²) >= 11 is 0. The van der Waals surface area contributed by atoms with Gasteiger partial charge in [0.05, 0.1) is 19.8 Å². The molecule has 0 heterocycles. The number of aryl methyl sites for hydroxylation is 3. The first-order chi connectivity index (χ1) is 24.3. The van der Waals surface area contributed by atoms with Crippen LogP contribution in [0, 0.1) is 0 Å². The van der Waals surface area contributed by atoms with Crippen molar-refractivity contribution in [1.29, 1.82) is 0 Å². The van der Waals surface area contributed by atoms with E-state index in [2.05, 4.69) is 91.0 Å². The van der Waals surface area contributed by atoms with E-state index >= 15 is 0 Å². The Balaban J connectivity index is 1.17.